The predicted molar refractivity (Wildman–Crippen MR) is 43.7 cm³/mol. The lowest BCUT2D eigenvalue weighted by atomic mass is 10.2. The zero-order valence-electron chi connectivity index (χ0n) is 7.18. The summed E-state index contributed by atoms with van der Waals surface area (Å²) in [7, 11) is 1.93. The van der Waals surface area contributed by atoms with Crippen molar-refractivity contribution in [2.45, 2.75) is 20.4 Å². The Morgan fingerprint density at radius 2 is 2.18 bits per heavy atom. The molecule has 0 fully saturated rings. The molecule has 0 aliphatic carbocycles. The SMILES string of the molecule is Cc1nn(C)c(C)c1CNN. The van der Waals surface area contributed by atoms with Crippen molar-refractivity contribution >= 4 is 0 Å². The van der Waals surface area contributed by atoms with Crippen LogP contribution in [0.4, 0.5) is 0 Å². The molecule has 1 heterocycles. The Kier molecular flexibility index (Phi) is 2.26. The fourth-order valence-corrected chi connectivity index (χ4v) is 1.18. The van der Waals surface area contributed by atoms with Gasteiger partial charge in [-0.2, -0.15) is 5.10 Å². The zero-order valence-corrected chi connectivity index (χ0v) is 7.18. The summed E-state index contributed by atoms with van der Waals surface area (Å²) in [6.45, 7) is 4.71. The van der Waals surface area contributed by atoms with Gasteiger partial charge in [-0.3, -0.25) is 16.0 Å². The normalized spacial score (nSPS) is 10.5. The van der Waals surface area contributed by atoms with Crippen molar-refractivity contribution in [3.8, 4) is 0 Å². The second kappa shape index (κ2) is 3.02. The number of nitrogens with one attached hydrogen (secondary N) is 1. The van der Waals surface area contributed by atoms with Gasteiger partial charge in [0.15, 0.2) is 0 Å². The molecule has 11 heavy (non-hydrogen) atoms. The molecule has 0 spiro atoms. The molecular formula is C7H14N4. The molecule has 0 aliphatic heterocycles. The van der Waals surface area contributed by atoms with Crippen molar-refractivity contribution in [2.24, 2.45) is 12.9 Å². The third-order valence-corrected chi connectivity index (χ3v) is 1.94. The van der Waals surface area contributed by atoms with Crippen LogP contribution in [0.15, 0.2) is 0 Å². The Labute approximate surface area is 66.4 Å². The van der Waals surface area contributed by atoms with E-state index in [2.05, 4.69) is 10.5 Å². The number of nitrogens with zero attached hydrogens (tertiary/aromatic N) is 2. The van der Waals surface area contributed by atoms with E-state index in [9.17, 15) is 0 Å². The zero-order chi connectivity index (χ0) is 8.43. The van der Waals surface area contributed by atoms with E-state index in [0.717, 1.165) is 5.69 Å². The van der Waals surface area contributed by atoms with Crippen molar-refractivity contribution in [1.29, 1.82) is 0 Å². The van der Waals surface area contributed by atoms with Crippen LogP contribution >= 0.6 is 0 Å². The minimum absolute atomic E-state index is 0.686. The molecule has 4 heteroatoms. The van der Waals surface area contributed by atoms with Gasteiger partial charge < -0.3 is 0 Å². The minimum Gasteiger partial charge on any atom is -0.272 e. The molecule has 0 saturated heterocycles. The van der Waals surface area contributed by atoms with Gasteiger partial charge in [0.25, 0.3) is 0 Å². The first kappa shape index (κ1) is 8.23. The summed E-state index contributed by atoms with van der Waals surface area (Å²) in [4.78, 5) is 0. The number of aromatic nitrogens is 2. The first-order valence-electron chi connectivity index (χ1n) is 3.59. The lowest BCUT2D eigenvalue weighted by Crippen LogP contribution is -2.21. The maximum absolute atomic E-state index is 5.22. The summed E-state index contributed by atoms with van der Waals surface area (Å²) < 4.78 is 1.86. The number of hydrogen-bond donors (Lipinski definition) is 2. The van der Waals surface area contributed by atoms with E-state index < -0.39 is 0 Å². The molecule has 0 saturated carbocycles. The minimum atomic E-state index is 0.686. The van der Waals surface area contributed by atoms with E-state index >= 15 is 0 Å². The highest BCUT2D eigenvalue weighted by atomic mass is 15.3. The molecule has 0 aromatic carbocycles. The number of hydrazine groups is 1. The highest BCUT2D eigenvalue weighted by molar-refractivity contribution is 5.23. The molecule has 1 aromatic rings. The van der Waals surface area contributed by atoms with Gasteiger partial charge in [-0.25, -0.2) is 0 Å². The van der Waals surface area contributed by atoms with Crippen LogP contribution in [-0.4, -0.2) is 9.78 Å². The highest BCUT2D eigenvalue weighted by Crippen LogP contribution is 2.10. The van der Waals surface area contributed by atoms with Crippen molar-refractivity contribution in [1.82, 2.24) is 15.2 Å². The smallest absolute Gasteiger partial charge is 0.0641 e. The fourth-order valence-electron chi connectivity index (χ4n) is 1.18. The summed E-state index contributed by atoms with van der Waals surface area (Å²) in [6.07, 6.45) is 0. The largest absolute Gasteiger partial charge is 0.272 e. The standard InChI is InChI=1S/C7H14N4/c1-5-7(4-9-8)6(2)11(3)10-5/h9H,4,8H2,1-3H3. The third-order valence-electron chi connectivity index (χ3n) is 1.94. The quantitative estimate of drug-likeness (QED) is 0.465. The maximum Gasteiger partial charge on any atom is 0.0641 e. The molecule has 3 N–H and O–H groups in total. The molecule has 0 unspecified atom stereocenters. The monoisotopic (exact) mass is 154 g/mol. The maximum atomic E-state index is 5.22. The van der Waals surface area contributed by atoms with Gasteiger partial charge in [-0.15, -0.1) is 0 Å². The average Bonchev–Trinajstić information content (AvgIpc) is 2.17. The van der Waals surface area contributed by atoms with Crippen LogP contribution in [0.25, 0.3) is 0 Å². The lowest BCUT2D eigenvalue weighted by molar-refractivity contribution is 0.717. The molecule has 0 atom stereocenters. The van der Waals surface area contributed by atoms with Gasteiger partial charge in [0.1, 0.15) is 0 Å². The Bertz CT molecular complexity index is 251. The Balaban J connectivity index is 3.02. The molecular weight excluding hydrogens is 140 g/mol. The van der Waals surface area contributed by atoms with Crippen LogP contribution in [0, 0.1) is 13.8 Å². The number of rotatable bonds is 2. The van der Waals surface area contributed by atoms with Crippen LogP contribution in [0.2, 0.25) is 0 Å². The van der Waals surface area contributed by atoms with Gasteiger partial charge in [0.05, 0.1) is 5.69 Å². The van der Waals surface area contributed by atoms with E-state index in [-0.39, 0.29) is 0 Å². The number of hydrogen-bond acceptors (Lipinski definition) is 3. The van der Waals surface area contributed by atoms with Gasteiger partial charge >= 0.3 is 0 Å². The lowest BCUT2D eigenvalue weighted by Gasteiger charge is -1.98. The fraction of sp³-hybridized carbons (Fsp3) is 0.571. The van der Waals surface area contributed by atoms with Gasteiger partial charge in [-0.1, -0.05) is 0 Å². The average molecular weight is 154 g/mol. The summed E-state index contributed by atoms with van der Waals surface area (Å²) in [5, 5.41) is 4.25. The molecule has 62 valence electrons. The summed E-state index contributed by atoms with van der Waals surface area (Å²) >= 11 is 0. The molecule has 1 rings (SSSR count). The summed E-state index contributed by atoms with van der Waals surface area (Å²) in [6, 6.07) is 0. The van der Waals surface area contributed by atoms with Crippen molar-refractivity contribution < 1.29 is 0 Å². The van der Waals surface area contributed by atoms with Crippen LogP contribution < -0.4 is 11.3 Å². The second-order valence-electron chi connectivity index (χ2n) is 2.65. The van der Waals surface area contributed by atoms with Gasteiger partial charge in [-0.05, 0) is 13.8 Å². The van der Waals surface area contributed by atoms with Crippen molar-refractivity contribution in [2.75, 3.05) is 0 Å². The van der Waals surface area contributed by atoms with Crippen molar-refractivity contribution in [3.05, 3.63) is 17.0 Å². The van der Waals surface area contributed by atoms with E-state index in [1.54, 1.807) is 0 Å². The molecule has 1 aromatic heterocycles. The Hall–Kier alpha value is -0.870. The first-order valence-corrected chi connectivity index (χ1v) is 3.59. The molecule has 0 aliphatic rings. The molecule has 0 radical (unpaired) electrons. The van der Waals surface area contributed by atoms with Crippen LogP contribution in [0.5, 0.6) is 0 Å². The number of nitrogens with two attached hydrogens (primary N) is 1. The van der Waals surface area contributed by atoms with Crippen LogP contribution in [-0.2, 0) is 13.6 Å². The van der Waals surface area contributed by atoms with Gasteiger partial charge in [0.2, 0.25) is 0 Å². The number of aryl methyl sites for hydroxylation is 2. The summed E-state index contributed by atoms with van der Waals surface area (Å²) in [5.74, 6) is 5.22. The topological polar surface area (TPSA) is 55.9 Å². The van der Waals surface area contributed by atoms with E-state index in [1.807, 2.05) is 25.6 Å². The summed E-state index contributed by atoms with van der Waals surface area (Å²) in [5.41, 5.74) is 6.03. The van der Waals surface area contributed by atoms with Crippen LogP contribution in [0.3, 0.4) is 0 Å². The van der Waals surface area contributed by atoms with E-state index in [4.69, 9.17) is 5.84 Å². The second-order valence-corrected chi connectivity index (χ2v) is 2.65. The van der Waals surface area contributed by atoms with E-state index in [0.29, 0.717) is 6.54 Å². The molecule has 0 amide bonds. The Morgan fingerprint density at radius 1 is 1.55 bits per heavy atom. The highest BCUT2D eigenvalue weighted by Gasteiger charge is 2.06. The third kappa shape index (κ3) is 1.41. The van der Waals surface area contributed by atoms with Gasteiger partial charge in [0, 0.05) is 24.8 Å². The molecule has 4 nitrogen and oxygen atoms in total. The molecule has 0 bridgehead atoms. The van der Waals surface area contributed by atoms with E-state index in [1.165, 1.54) is 11.3 Å². The predicted octanol–water partition coefficient (Wildman–Crippen LogP) is 0.000240. The first-order chi connectivity index (χ1) is 5.16. The van der Waals surface area contributed by atoms with Crippen LogP contribution in [0.1, 0.15) is 17.0 Å². The Morgan fingerprint density at radius 3 is 2.55 bits per heavy atom. The van der Waals surface area contributed by atoms with Crippen molar-refractivity contribution in [3.63, 3.8) is 0 Å².